The van der Waals surface area contributed by atoms with Crippen molar-refractivity contribution in [2.75, 3.05) is 20.7 Å². The van der Waals surface area contributed by atoms with Gasteiger partial charge in [-0.1, -0.05) is 12.2 Å². The van der Waals surface area contributed by atoms with Crippen LogP contribution in [0.25, 0.3) is 0 Å². The van der Waals surface area contributed by atoms with E-state index in [-0.39, 0.29) is 11.5 Å². The summed E-state index contributed by atoms with van der Waals surface area (Å²) in [5.41, 5.74) is 6.97. The van der Waals surface area contributed by atoms with Crippen molar-refractivity contribution in [3.63, 3.8) is 0 Å². The second-order valence-corrected chi connectivity index (χ2v) is 4.93. The second-order valence-electron chi connectivity index (χ2n) is 4.49. The van der Waals surface area contributed by atoms with Gasteiger partial charge in [-0.15, -0.1) is 0 Å². The van der Waals surface area contributed by atoms with Crippen molar-refractivity contribution in [2.45, 2.75) is 19.1 Å². The molecule has 0 heterocycles. The SMILES string of the molecule is COc1ccc(C(N)=S)cc1CN(C)CCC(F)(F)F. The zero-order valence-corrected chi connectivity index (χ0v) is 12.1. The highest BCUT2D eigenvalue weighted by Gasteiger charge is 2.27. The average Bonchev–Trinajstić information content (AvgIpc) is 2.35. The third-order valence-electron chi connectivity index (χ3n) is 2.78. The van der Waals surface area contributed by atoms with E-state index < -0.39 is 12.6 Å². The van der Waals surface area contributed by atoms with Gasteiger partial charge in [-0.2, -0.15) is 13.2 Å². The van der Waals surface area contributed by atoms with Gasteiger partial charge in [0.1, 0.15) is 10.7 Å². The monoisotopic (exact) mass is 306 g/mol. The lowest BCUT2D eigenvalue weighted by molar-refractivity contribution is -0.137. The van der Waals surface area contributed by atoms with E-state index in [0.29, 0.717) is 17.9 Å². The molecule has 0 aromatic heterocycles. The van der Waals surface area contributed by atoms with Gasteiger partial charge in [0.25, 0.3) is 0 Å². The van der Waals surface area contributed by atoms with Gasteiger partial charge < -0.3 is 15.4 Å². The Kier molecular flexibility index (Phi) is 5.76. The molecule has 112 valence electrons. The lowest BCUT2D eigenvalue weighted by Crippen LogP contribution is -2.24. The van der Waals surface area contributed by atoms with Gasteiger partial charge in [0, 0.05) is 24.2 Å². The quantitative estimate of drug-likeness (QED) is 0.820. The summed E-state index contributed by atoms with van der Waals surface area (Å²) in [7, 11) is 3.13. The molecule has 0 aliphatic carbocycles. The molecule has 0 unspecified atom stereocenters. The molecule has 0 radical (unpaired) electrons. The summed E-state index contributed by atoms with van der Waals surface area (Å²) in [6.45, 7) is 0.250. The third kappa shape index (κ3) is 5.34. The summed E-state index contributed by atoms with van der Waals surface area (Å²) < 4.78 is 41.7. The van der Waals surface area contributed by atoms with Gasteiger partial charge in [0.05, 0.1) is 13.5 Å². The summed E-state index contributed by atoms with van der Waals surface area (Å²) in [6.07, 6.45) is -5.00. The highest BCUT2D eigenvalue weighted by atomic mass is 32.1. The Morgan fingerprint density at radius 1 is 1.40 bits per heavy atom. The molecule has 1 aromatic carbocycles. The first-order valence-corrected chi connectivity index (χ1v) is 6.36. The average molecular weight is 306 g/mol. The fraction of sp³-hybridized carbons (Fsp3) is 0.462. The number of hydrogen-bond acceptors (Lipinski definition) is 3. The van der Waals surface area contributed by atoms with E-state index in [1.807, 2.05) is 0 Å². The predicted octanol–water partition coefficient (Wildman–Crippen LogP) is 2.71. The van der Waals surface area contributed by atoms with Crippen LogP contribution < -0.4 is 10.5 Å². The Labute approximate surface area is 121 Å². The number of benzene rings is 1. The number of nitrogens with zero attached hydrogens (tertiary/aromatic N) is 1. The normalized spacial score (nSPS) is 11.7. The van der Waals surface area contributed by atoms with Crippen LogP contribution in [0, 0.1) is 0 Å². The minimum absolute atomic E-state index is 0.0794. The number of thiocarbonyl (C=S) groups is 1. The number of halogens is 3. The summed E-state index contributed by atoms with van der Waals surface area (Å²) in [5, 5.41) is 0. The van der Waals surface area contributed by atoms with Crippen molar-refractivity contribution in [1.29, 1.82) is 0 Å². The van der Waals surface area contributed by atoms with Gasteiger partial charge in [-0.05, 0) is 25.2 Å². The van der Waals surface area contributed by atoms with Crippen molar-refractivity contribution in [3.05, 3.63) is 29.3 Å². The van der Waals surface area contributed by atoms with Crippen LogP contribution >= 0.6 is 12.2 Å². The van der Waals surface area contributed by atoms with Crippen molar-refractivity contribution in [1.82, 2.24) is 4.90 Å². The first-order valence-electron chi connectivity index (χ1n) is 5.95. The third-order valence-corrected chi connectivity index (χ3v) is 3.02. The lowest BCUT2D eigenvalue weighted by Gasteiger charge is -2.19. The molecule has 2 N–H and O–H groups in total. The molecule has 1 aromatic rings. The maximum Gasteiger partial charge on any atom is 0.390 e. The number of rotatable bonds is 6. The molecule has 0 atom stereocenters. The van der Waals surface area contributed by atoms with E-state index in [2.05, 4.69) is 0 Å². The molecule has 0 spiro atoms. The molecule has 0 amide bonds. The van der Waals surface area contributed by atoms with Crippen LogP contribution in [-0.4, -0.2) is 36.8 Å². The molecule has 1 rings (SSSR count). The first kappa shape index (κ1) is 16.7. The highest BCUT2D eigenvalue weighted by molar-refractivity contribution is 7.80. The number of nitrogens with two attached hydrogens (primary N) is 1. The second kappa shape index (κ2) is 6.90. The van der Waals surface area contributed by atoms with Crippen LogP contribution in [0.2, 0.25) is 0 Å². The Morgan fingerprint density at radius 2 is 2.05 bits per heavy atom. The van der Waals surface area contributed by atoms with Crippen molar-refractivity contribution in [3.8, 4) is 5.75 Å². The smallest absolute Gasteiger partial charge is 0.390 e. The van der Waals surface area contributed by atoms with E-state index in [9.17, 15) is 13.2 Å². The summed E-state index contributed by atoms with van der Waals surface area (Å²) in [4.78, 5) is 1.82. The number of alkyl halides is 3. The van der Waals surface area contributed by atoms with Crippen LogP contribution in [0.1, 0.15) is 17.5 Å². The zero-order chi connectivity index (χ0) is 15.3. The molecule has 0 saturated carbocycles. The van der Waals surface area contributed by atoms with E-state index in [1.54, 1.807) is 30.1 Å². The fourth-order valence-corrected chi connectivity index (χ4v) is 1.87. The highest BCUT2D eigenvalue weighted by Crippen LogP contribution is 2.23. The van der Waals surface area contributed by atoms with Crippen LogP contribution in [0.3, 0.4) is 0 Å². The van der Waals surface area contributed by atoms with Gasteiger partial charge >= 0.3 is 6.18 Å². The molecule has 0 bridgehead atoms. The van der Waals surface area contributed by atoms with Gasteiger partial charge in [0.15, 0.2) is 0 Å². The van der Waals surface area contributed by atoms with Crippen LogP contribution in [0.4, 0.5) is 13.2 Å². The van der Waals surface area contributed by atoms with E-state index in [4.69, 9.17) is 22.7 Å². The molecule has 7 heteroatoms. The van der Waals surface area contributed by atoms with E-state index in [1.165, 1.54) is 7.11 Å². The Balaban J connectivity index is 2.79. The summed E-state index contributed by atoms with van der Waals surface area (Å²) >= 11 is 4.89. The summed E-state index contributed by atoms with van der Waals surface area (Å²) in [5.74, 6) is 0.601. The Hall–Kier alpha value is -1.34. The van der Waals surface area contributed by atoms with Crippen molar-refractivity contribution >= 4 is 17.2 Å². The molecular weight excluding hydrogens is 289 g/mol. The molecule has 0 aliphatic rings. The predicted molar refractivity (Wildman–Crippen MR) is 75.9 cm³/mol. The topological polar surface area (TPSA) is 38.5 Å². The maximum atomic E-state index is 12.2. The fourth-order valence-electron chi connectivity index (χ4n) is 1.74. The minimum atomic E-state index is -4.15. The standard InChI is InChI=1S/C13H17F3N2OS/c1-18(6-5-13(14,15)16)8-10-7-9(12(17)20)3-4-11(10)19-2/h3-4,7H,5-6,8H2,1-2H3,(H2,17,20). The Bertz CT molecular complexity index is 477. The van der Waals surface area contributed by atoms with Crippen LogP contribution in [0.15, 0.2) is 18.2 Å². The molecule has 3 nitrogen and oxygen atoms in total. The molecule has 0 saturated heterocycles. The van der Waals surface area contributed by atoms with Gasteiger partial charge in [0.2, 0.25) is 0 Å². The minimum Gasteiger partial charge on any atom is -0.496 e. The molecule has 20 heavy (non-hydrogen) atoms. The molecule has 0 fully saturated rings. The van der Waals surface area contributed by atoms with E-state index in [0.717, 1.165) is 5.56 Å². The van der Waals surface area contributed by atoms with Gasteiger partial charge in [-0.25, -0.2) is 0 Å². The number of methoxy groups -OCH3 is 1. The van der Waals surface area contributed by atoms with Crippen LogP contribution in [0.5, 0.6) is 5.75 Å². The maximum absolute atomic E-state index is 12.2. The summed E-state index contributed by atoms with van der Waals surface area (Å²) in [6, 6.07) is 5.17. The zero-order valence-electron chi connectivity index (χ0n) is 11.3. The lowest BCUT2D eigenvalue weighted by atomic mass is 10.1. The van der Waals surface area contributed by atoms with Crippen LogP contribution in [-0.2, 0) is 6.54 Å². The van der Waals surface area contributed by atoms with Gasteiger partial charge in [-0.3, -0.25) is 0 Å². The molecule has 0 aliphatic heterocycles. The first-order chi connectivity index (χ1) is 9.23. The van der Waals surface area contributed by atoms with Crippen molar-refractivity contribution in [2.24, 2.45) is 5.73 Å². The number of hydrogen-bond donors (Lipinski definition) is 1. The molecular formula is C13H17F3N2OS. The Morgan fingerprint density at radius 3 is 2.55 bits per heavy atom. The van der Waals surface area contributed by atoms with Crippen molar-refractivity contribution < 1.29 is 17.9 Å². The largest absolute Gasteiger partial charge is 0.496 e. The number of ether oxygens (including phenoxy) is 1. The van der Waals surface area contributed by atoms with E-state index >= 15 is 0 Å².